The lowest BCUT2D eigenvalue weighted by Gasteiger charge is -2.16. The molecule has 2 amide bonds. The molecule has 1 aliphatic heterocycles. The molecule has 22 heavy (non-hydrogen) atoms. The van der Waals surface area contributed by atoms with Gasteiger partial charge >= 0.3 is 0 Å². The Balaban J connectivity index is 1.60. The Labute approximate surface area is 132 Å². The molecule has 2 heterocycles. The van der Waals surface area contributed by atoms with Gasteiger partial charge in [0.15, 0.2) is 0 Å². The molecule has 1 unspecified atom stereocenters. The molecule has 6 nitrogen and oxygen atoms in total. The number of anilines is 1. The molecule has 1 aromatic carbocycles. The molecule has 0 aliphatic carbocycles. The number of nitrogens with one attached hydrogen (secondary N) is 1. The van der Waals surface area contributed by atoms with Crippen LogP contribution in [0.1, 0.15) is 17.8 Å². The summed E-state index contributed by atoms with van der Waals surface area (Å²) < 4.78 is 4.02. The second-order valence-corrected chi connectivity index (χ2v) is 6.05. The molecular weight excluding hydrogens is 300 g/mol. The van der Waals surface area contributed by atoms with Gasteiger partial charge in [0.05, 0.1) is 5.92 Å². The van der Waals surface area contributed by atoms with Gasteiger partial charge in [0, 0.05) is 31.0 Å². The highest BCUT2D eigenvalue weighted by molar-refractivity contribution is 7.09. The number of hydrogen-bond acceptors (Lipinski definition) is 5. The van der Waals surface area contributed by atoms with Crippen LogP contribution < -0.4 is 5.32 Å². The summed E-state index contributed by atoms with van der Waals surface area (Å²) in [7, 11) is 0. The maximum atomic E-state index is 12.2. The second kappa shape index (κ2) is 6.23. The van der Waals surface area contributed by atoms with Gasteiger partial charge in [0.2, 0.25) is 16.9 Å². The van der Waals surface area contributed by atoms with Crippen LogP contribution in [0.15, 0.2) is 30.3 Å². The fourth-order valence-corrected chi connectivity index (χ4v) is 3.04. The highest BCUT2D eigenvalue weighted by Gasteiger charge is 2.34. The minimum absolute atomic E-state index is 0.0115. The van der Waals surface area contributed by atoms with E-state index in [0.717, 1.165) is 17.1 Å². The third-order valence-corrected chi connectivity index (χ3v) is 4.28. The van der Waals surface area contributed by atoms with E-state index >= 15 is 0 Å². The minimum atomic E-state index is -0.333. The molecule has 1 fully saturated rings. The largest absolute Gasteiger partial charge is 0.338 e. The van der Waals surface area contributed by atoms with Crippen LogP contribution in [0.5, 0.6) is 0 Å². The monoisotopic (exact) mass is 316 g/mol. The number of carbonyl (C=O) groups excluding carboxylic acids is 2. The number of hydrogen-bond donors (Lipinski definition) is 1. The van der Waals surface area contributed by atoms with Crippen LogP contribution in [0, 0.1) is 12.8 Å². The van der Waals surface area contributed by atoms with Gasteiger partial charge in [-0.2, -0.15) is 4.37 Å². The van der Waals surface area contributed by atoms with Gasteiger partial charge in [-0.05, 0) is 12.5 Å². The Morgan fingerprint density at radius 1 is 1.41 bits per heavy atom. The van der Waals surface area contributed by atoms with Crippen LogP contribution in [-0.4, -0.2) is 32.6 Å². The number of amides is 2. The minimum Gasteiger partial charge on any atom is -0.338 e. The van der Waals surface area contributed by atoms with Gasteiger partial charge in [0.25, 0.3) is 0 Å². The smallest absolute Gasteiger partial charge is 0.231 e. The fraction of sp³-hybridized carbons (Fsp3) is 0.333. The van der Waals surface area contributed by atoms with Crippen molar-refractivity contribution in [2.45, 2.75) is 19.9 Å². The lowest BCUT2D eigenvalue weighted by molar-refractivity contribution is -0.128. The maximum Gasteiger partial charge on any atom is 0.231 e. The Morgan fingerprint density at radius 2 is 2.18 bits per heavy atom. The highest BCUT2D eigenvalue weighted by atomic mass is 32.1. The van der Waals surface area contributed by atoms with E-state index in [1.54, 1.807) is 11.8 Å². The predicted molar refractivity (Wildman–Crippen MR) is 83.2 cm³/mol. The van der Waals surface area contributed by atoms with Crippen LogP contribution in [0.4, 0.5) is 5.13 Å². The molecule has 1 saturated heterocycles. The van der Waals surface area contributed by atoms with Crippen molar-refractivity contribution >= 4 is 28.5 Å². The second-order valence-electron chi connectivity index (χ2n) is 5.30. The van der Waals surface area contributed by atoms with Gasteiger partial charge in [-0.1, -0.05) is 30.3 Å². The van der Waals surface area contributed by atoms with Crippen molar-refractivity contribution < 1.29 is 9.59 Å². The predicted octanol–water partition coefficient (Wildman–Crippen LogP) is 1.83. The summed E-state index contributed by atoms with van der Waals surface area (Å²) in [6.45, 7) is 2.76. The van der Waals surface area contributed by atoms with Gasteiger partial charge < -0.3 is 10.2 Å². The van der Waals surface area contributed by atoms with E-state index in [-0.39, 0.29) is 24.2 Å². The molecule has 0 spiro atoms. The number of aryl methyl sites for hydroxylation is 1. The molecule has 0 bridgehead atoms. The van der Waals surface area contributed by atoms with E-state index in [1.165, 1.54) is 0 Å². The lowest BCUT2D eigenvalue weighted by atomic mass is 10.1. The summed E-state index contributed by atoms with van der Waals surface area (Å²) in [6, 6.07) is 9.78. The summed E-state index contributed by atoms with van der Waals surface area (Å²) in [5, 5.41) is 3.22. The third kappa shape index (κ3) is 3.30. The summed E-state index contributed by atoms with van der Waals surface area (Å²) in [4.78, 5) is 30.1. The van der Waals surface area contributed by atoms with Crippen molar-refractivity contribution in [1.82, 2.24) is 14.3 Å². The quantitative estimate of drug-likeness (QED) is 0.934. The lowest BCUT2D eigenvalue weighted by Crippen LogP contribution is -2.28. The van der Waals surface area contributed by atoms with E-state index < -0.39 is 0 Å². The van der Waals surface area contributed by atoms with E-state index in [0.29, 0.717) is 24.0 Å². The van der Waals surface area contributed by atoms with Crippen LogP contribution in [0.25, 0.3) is 0 Å². The number of nitrogens with zero attached hydrogens (tertiary/aromatic N) is 3. The van der Waals surface area contributed by atoms with Crippen LogP contribution >= 0.6 is 11.5 Å². The fourth-order valence-electron chi connectivity index (χ4n) is 2.46. The number of likely N-dealkylation sites (tertiary alicyclic amines) is 1. The molecule has 3 rings (SSSR count). The van der Waals surface area contributed by atoms with Crippen LogP contribution in [-0.2, 0) is 16.1 Å². The van der Waals surface area contributed by atoms with Crippen molar-refractivity contribution in [3.63, 3.8) is 0 Å². The van der Waals surface area contributed by atoms with Crippen LogP contribution in [0.2, 0.25) is 0 Å². The summed E-state index contributed by atoms with van der Waals surface area (Å²) in [6.07, 6.45) is 0.246. The van der Waals surface area contributed by atoms with Crippen LogP contribution in [0.3, 0.4) is 0 Å². The van der Waals surface area contributed by atoms with Gasteiger partial charge in [-0.25, -0.2) is 4.98 Å². The summed E-state index contributed by atoms with van der Waals surface area (Å²) in [5.74, 6) is 0.145. The molecule has 2 aromatic rings. The molecule has 0 saturated carbocycles. The molecule has 1 N–H and O–H groups in total. The number of benzene rings is 1. The van der Waals surface area contributed by atoms with Crippen molar-refractivity contribution in [2.75, 3.05) is 11.9 Å². The molecular formula is C15H16N4O2S. The average Bonchev–Trinajstić information content (AvgIpc) is 3.07. The van der Waals surface area contributed by atoms with Gasteiger partial charge in [-0.3, -0.25) is 9.59 Å². The first-order chi connectivity index (χ1) is 10.6. The zero-order valence-corrected chi connectivity index (χ0v) is 13.0. The van der Waals surface area contributed by atoms with E-state index in [1.807, 2.05) is 30.3 Å². The molecule has 1 atom stereocenters. The molecule has 0 radical (unpaired) electrons. The maximum absolute atomic E-state index is 12.2. The van der Waals surface area contributed by atoms with Gasteiger partial charge in [-0.15, -0.1) is 0 Å². The third-order valence-electron chi connectivity index (χ3n) is 3.56. The molecule has 7 heteroatoms. The molecule has 114 valence electrons. The first kappa shape index (κ1) is 14.6. The van der Waals surface area contributed by atoms with Crippen molar-refractivity contribution in [3.8, 4) is 0 Å². The Bertz CT molecular complexity index is 686. The average molecular weight is 316 g/mol. The zero-order valence-electron chi connectivity index (χ0n) is 12.2. The first-order valence-corrected chi connectivity index (χ1v) is 7.82. The van der Waals surface area contributed by atoms with E-state index in [2.05, 4.69) is 14.7 Å². The normalized spacial score (nSPS) is 17.8. The molecule has 1 aliphatic rings. The summed E-state index contributed by atoms with van der Waals surface area (Å²) >= 11 is 1.15. The van der Waals surface area contributed by atoms with Crippen molar-refractivity contribution in [3.05, 3.63) is 41.7 Å². The Morgan fingerprint density at radius 3 is 2.86 bits per heavy atom. The summed E-state index contributed by atoms with van der Waals surface area (Å²) in [5.41, 5.74) is 1.07. The SMILES string of the molecule is Cc1nsc(NC(=O)C2CC(=O)N(Cc3ccccc3)C2)n1. The number of carbonyl (C=O) groups is 2. The standard InChI is InChI=1S/C15H16N4O2S/c1-10-16-15(22-18-10)17-14(21)12-7-13(20)19(9-12)8-11-5-3-2-4-6-11/h2-6,12H,7-9H2,1H3,(H,16,17,18,21). The topological polar surface area (TPSA) is 75.2 Å². The molecule has 1 aromatic heterocycles. The first-order valence-electron chi connectivity index (χ1n) is 7.04. The van der Waals surface area contributed by atoms with E-state index in [4.69, 9.17) is 0 Å². The Kier molecular flexibility index (Phi) is 4.15. The van der Waals surface area contributed by atoms with Gasteiger partial charge in [0.1, 0.15) is 5.82 Å². The zero-order chi connectivity index (χ0) is 15.5. The van der Waals surface area contributed by atoms with Crippen molar-refractivity contribution in [2.24, 2.45) is 5.92 Å². The van der Waals surface area contributed by atoms with E-state index in [9.17, 15) is 9.59 Å². The number of rotatable bonds is 4. The van der Waals surface area contributed by atoms with Crippen molar-refractivity contribution in [1.29, 1.82) is 0 Å². The highest BCUT2D eigenvalue weighted by Crippen LogP contribution is 2.22. The number of aromatic nitrogens is 2. The Hall–Kier alpha value is -2.28.